The monoisotopic (exact) mass is 295 g/mol. The van der Waals surface area contributed by atoms with Gasteiger partial charge in [0.05, 0.1) is 10.8 Å². The molecule has 2 fully saturated rings. The zero-order chi connectivity index (χ0) is 13.2. The molecule has 3 rings (SSSR count). The molecule has 0 aromatic heterocycles. The third-order valence-electron chi connectivity index (χ3n) is 3.65. The van der Waals surface area contributed by atoms with Crippen LogP contribution in [-0.2, 0) is 4.79 Å². The molecule has 19 heavy (non-hydrogen) atoms. The Morgan fingerprint density at radius 3 is 2.63 bits per heavy atom. The number of amides is 1. The minimum Gasteiger partial charge on any atom is -0.339 e. The van der Waals surface area contributed by atoms with E-state index >= 15 is 0 Å². The number of hydrogen-bond donors (Lipinski definition) is 0. The van der Waals surface area contributed by atoms with Gasteiger partial charge in [-0.3, -0.25) is 4.79 Å². The van der Waals surface area contributed by atoms with Crippen LogP contribution in [-0.4, -0.2) is 29.1 Å². The molecule has 4 heteroatoms. The first kappa shape index (κ1) is 13.3. The highest BCUT2D eigenvalue weighted by Gasteiger charge is 2.36. The van der Waals surface area contributed by atoms with E-state index in [9.17, 15) is 4.79 Å². The van der Waals surface area contributed by atoms with Gasteiger partial charge >= 0.3 is 0 Å². The number of nitrogens with zero attached hydrogens (tertiary/aromatic N) is 1. The van der Waals surface area contributed by atoms with Crippen molar-refractivity contribution in [3.63, 3.8) is 0 Å². The largest absolute Gasteiger partial charge is 0.339 e. The molecule has 0 spiro atoms. The van der Waals surface area contributed by atoms with Crippen LogP contribution in [0.4, 0.5) is 0 Å². The van der Waals surface area contributed by atoms with Crippen molar-refractivity contribution in [1.29, 1.82) is 0 Å². The van der Waals surface area contributed by atoms with E-state index in [2.05, 4.69) is 4.90 Å². The second-order valence-corrected chi connectivity index (χ2v) is 6.86. The molecule has 2 saturated carbocycles. The Hall–Kier alpha value is -0.670. The maximum atomic E-state index is 12.3. The zero-order valence-electron chi connectivity index (χ0n) is 10.8. The molecule has 102 valence electrons. The molecule has 2 nitrogen and oxygen atoms in total. The topological polar surface area (TPSA) is 20.3 Å². The molecule has 0 aliphatic heterocycles. The molecule has 0 saturated heterocycles. The number of benzene rings is 1. The van der Waals surface area contributed by atoms with E-state index in [1.54, 1.807) is 11.8 Å². The summed E-state index contributed by atoms with van der Waals surface area (Å²) in [6.45, 7) is 0.979. The van der Waals surface area contributed by atoms with Crippen LogP contribution in [0.1, 0.15) is 25.7 Å². The summed E-state index contributed by atoms with van der Waals surface area (Å²) in [5.41, 5.74) is 0. The number of carbonyl (C=O) groups is 1. The van der Waals surface area contributed by atoms with E-state index in [1.165, 1.54) is 25.7 Å². The van der Waals surface area contributed by atoms with Gasteiger partial charge in [-0.1, -0.05) is 23.7 Å². The van der Waals surface area contributed by atoms with E-state index in [4.69, 9.17) is 11.6 Å². The van der Waals surface area contributed by atoms with Crippen molar-refractivity contribution in [2.45, 2.75) is 36.6 Å². The fourth-order valence-electron chi connectivity index (χ4n) is 2.20. The van der Waals surface area contributed by atoms with Crippen molar-refractivity contribution in [2.75, 3.05) is 12.3 Å². The highest BCUT2D eigenvalue weighted by molar-refractivity contribution is 8.00. The van der Waals surface area contributed by atoms with E-state index in [0.717, 1.165) is 22.4 Å². The van der Waals surface area contributed by atoms with Crippen LogP contribution in [0.3, 0.4) is 0 Å². The third-order valence-corrected chi connectivity index (χ3v) is 5.15. The smallest absolute Gasteiger partial charge is 0.233 e. The normalized spacial score (nSPS) is 18.4. The summed E-state index contributed by atoms with van der Waals surface area (Å²) in [6.07, 6.45) is 4.98. The Bertz CT molecular complexity index is 471. The van der Waals surface area contributed by atoms with Gasteiger partial charge in [0.2, 0.25) is 5.91 Å². The Morgan fingerprint density at radius 2 is 2.00 bits per heavy atom. The maximum absolute atomic E-state index is 12.3. The lowest BCUT2D eigenvalue weighted by Crippen LogP contribution is -2.36. The molecule has 0 N–H and O–H groups in total. The lowest BCUT2D eigenvalue weighted by atomic mass is 10.3. The van der Waals surface area contributed by atoms with Crippen LogP contribution in [0.5, 0.6) is 0 Å². The summed E-state index contributed by atoms with van der Waals surface area (Å²) in [7, 11) is 0. The van der Waals surface area contributed by atoms with Gasteiger partial charge in [-0.25, -0.2) is 0 Å². The Kier molecular flexibility index (Phi) is 4.04. The van der Waals surface area contributed by atoms with E-state index < -0.39 is 0 Å². The molecule has 0 atom stereocenters. The first-order chi connectivity index (χ1) is 9.24. The highest BCUT2D eigenvalue weighted by atomic mass is 35.5. The van der Waals surface area contributed by atoms with Gasteiger partial charge in [-0.2, -0.15) is 0 Å². The molecule has 1 aromatic rings. The van der Waals surface area contributed by atoms with E-state index in [1.807, 2.05) is 24.3 Å². The third kappa shape index (κ3) is 3.67. The summed E-state index contributed by atoms with van der Waals surface area (Å²) in [4.78, 5) is 15.4. The van der Waals surface area contributed by atoms with Crippen LogP contribution >= 0.6 is 23.4 Å². The molecule has 0 radical (unpaired) electrons. The van der Waals surface area contributed by atoms with Crippen molar-refractivity contribution in [3.05, 3.63) is 29.3 Å². The lowest BCUT2D eigenvalue weighted by molar-refractivity contribution is -0.129. The van der Waals surface area contributed by atoms with Crippen LogP contribution in [0.15, 0.2) is 29.2 Å². The number of hydrogen-bond acceptors (Lipinski definition) is 2. The van der Waals surface area contributed by atoms with Gasteiger partial charge in [-0.05, 0) is 43.7 Å². The summed E-state index contributed by atoms with van der Waals surface area (Å²) < 4.78 is 0. The molecule has 1 amide bonds. The first-order valence-corrected chi connectivity index (χ1v) is 8.27. The van der Waals surface area contributed by atoms with Crippen LogP contribution in [0.25, 0.3) is 0 Å². The van der Waals surface area contributed by atoms with Crippen molar-refractivity contribution in [1.82, 2.24) is 4.90 Å². The molecule has 0 unspecified atom stereocenters. The van der Waals surface area contributed by atoms with Gasteiger partial charge in [0.1, 0.15) is 0 Å². The van der Waals surface area contributed by atoms with Crippen LogP contribution in [0.2, 0.25) is 5.02 Å². The fraction of sp³-hybridized carbons (Fsp3) is 0.533. The van der Waals surface area contributed by atoms with E-state index in [0.29, 0.717) is 11.8 Å². The number of rotatable bonds is 6. The summed E-state index contributed by atoms with van der Waals surface area (Å²) in [6, 6.07) is 8.25. The van der Waals surface area contributed by atoms with Crippen molar-refractivity contribution in [3.8, 4) is 0 Å². The first-order valence-electron chi connectivity index (χ1n) is 6.91. The molecular formula is C15H18ClNOS. The number of carbonyl (C=O) groups excluding carboxylic acids is 1. The molecule has 0 bridgehead atoms. The Labute approximate surface area is 123 Å². The Morgan fingerprint density at radius 1 is 1.26 bits per heavy atom. The lowest BCUT2D eigenvalue weighted by Gasteiger charge is -2.22. The van der Waals surface area contributed by atoms with Crippen molar-refractivity contribution in [2.24, 2.45) is 5.92 Å². The SMILES string of the molecule is O=C(CSc1ccccc1Cl)N(CC1CC1)C1CC1. The molecule has 1 aromatic carbocycles. The average Bonchev–Trinajstić information content (AvgIpc) is 3.27. The van der Waals surface area contributed by atoms with Crippen molar-refractivity contribution < 1.29 is 4.79 Å². The summed E-state index contributed by atoms with van der Waals surface area (Å²) in [5.74, 6) is 1.56. The second-order valence-electron chi connectivity index (χ2n) is 5.44. The highest BCUT2D eigenvalue weighted by Crippen LogP contribution is 2.35. The average molecular weight is 296 g/mol. The Balaban J connectivity index is 1.55. The molecule has 2 aliphatic rings. The number of thioether (sulfide) groups is 1. The van der Waals surface area contributed by atoms with Crippen LogP contribution in [0, 0.1) is 5.92 Å². The quantitative estimate of drug-likeness (QED) is 0.743. The van der Waals surface area contributed by atoms with Gasteiger partial charge in [0.25, 0.3) is 0 Å². The minimum atomic E-state index is 0.277. The fourth-order valence-corrected chi connectivity index (χ4v) is 3.33. The summed E-state index contributed by atoms with van der Waals surface area (Å²) >= 11 is 7.66. The van der Waals surface area contributed by atoms with Gasteiger partial charge < -0.3 is 4.90 Å². The second kappa shape index (κ2) is 5.76. The predicted octanol–water partition coefficient (Wildman–Crippen LogP) is 3.83. The molecular weight excluding hydrogens is 278 g/mol. The number of halogens is 1. The van der Waals surface area contributed by atoms with Crippen molar-refractivity contribution >= 4 is 29.3 Å². The van der Waals surface area contributed by atoms with E-state index in [-0.39, 0.29) is 5.91 Å². The minimum absolute atomic E-state index is 0.277. The standard InChI is InChI=1S/C15H18ClNOS/c16-13-3-1-2-4-14(13)19-10-15(18)17(12-7-8-12)9-11-5-6-11/h1-4,11-12H,5-10H2. The van der Waals surface area contributed by atoms with Crippen LogP contribution < -0.4 is 0 Å². The predicted molar refractivity (Wildman–Crippen MR) is 79.6 cm³/mol. The molecule has 2 aliphatic carbocycles. The molecule has 0 heterocycles. The maximum Gasteiger partial charge on any atom is 0.233 e. The zero-order valence-corrected chi connectivity index (χ0v) is 12.4. The van der Waals surface area contributed by atoms with Gasteiger partial charge in [0, 0.05) is 17.5 Å². The van der Waals surface area contributed by atoms with Gasteiger partial charge in [-0.15, -0.1) is 11.8 Å². The van der Waals surface area contributed by atoms with Gasteiger partial charge in [0.15, 0.2) is 0 Å². The summed E-state index contributed by atoms with van der Waals surface area (Å²) in [5, 5.41) is 0.737.